The van der Waals surface area contributed by atoms with E-state index in [0.29, 0.717) is 23.3 Å². The molecule has 2 heterocycles. The molecule has 124 valence electrons. The van der Waals surface area contributed by atoms with Crippen LogP contribution in [0.4, 0.5) is 0 Å². The van der Waals surface area contributed by atoms with Crippen molar-refractivity contribution in [2.45, 2.75) is 64.5 Å². The Balaban J connectivity index is 1.20. The second-order valence-electron chi connectivity index (χ2n) is 9.21. The SMILES string of the molecule is CC(CC1CC12CNC2C)C1(C#N)CC1CC1OC(=O)C12CC2. The lowest BCUT2D eigenvalue weighted by Crippen LogP contribution is -2.54. The van der Waals surface area contributed by atoms with Gasteiger partial charge in [-0.2, -0.15) is 5.26 Å². The van der Waals surface area contributed by atoms with E-state index in [-0.39, 0.29) is 22.9 Å². The molecule has 5 fully saturated rings. The molecule has 0 amide bonds. The number of cyclic esters (lactones) is 1. The average molecular weight is 314 g/mol. The second kappa shape index (κ2) is 4.11. The van der Waals surface area contributed by atoms with Gasteiger partial charge >= 0.3 is 5.97 Å². The van der Waals surface area contributed by atoms with Crippen LogP contribution in [-0.4, -0.2) is 24.7 Å². The van der Waals surface area contributed by atoms with Crippen LogP contribution in [0.3, 0.4) is 0 Å². The lowest BCUT2D eigenvalue weighted by molar-refractivity contribution is -0.191. The van der Waals surface area contributed by atoms with E-state index < -0.39 is 0 Å². The van der Waals surface area contributed by atoms with E-state index in [2.05, 4.69) is 25.2 Å². The number of nitriles is 1. The summed E-state index contributed by atoms with van der Waals surface area (Å²) in [5.74, 6) is 1.76. The highest BCUT2D eigenvalue weighted by Gasteiger charge is 2.70. The summed E-state index contributed by atoms with van der Waals surface area (Å²) in [6, 6.07) is 3.33. The number of nitrogens with one attached hydrogen (secondary N) is 1. The Kier molecular flexibility index (Phi) is 2.55. The van der Waals surface area contributed by atoms with E-state index in [1.807, 2.05) is 0 Å². The third-order valence-electron chi connectivity index (χ3n) is 8.32. The number of rotatable bonds is 5. The molecule has 2 spiro atoms. The molecular weight excluding hydrogens is 288 g/mol. The van der Waals surface area contributed by atoms with Crippen LogP contribution in [-0.2, 0) is 9.53 Å². The van der Waals surface area contributed by atoms with Crippen molar-refractivity contribution in [3.8, 4) is 6.07 Å². The molecule has 0 bridgehead atoms. The molecule has 4 nitrogen and oxygen atoms in total. The monoisotopic (exact) mass is 314 g/mol. The van der Waals surface area contributed by atoms with Crippen molar-refractivity contribution in [3.05, 3.63) is 0 Å². The minimum Gasteiger partial charge on any atom is -0.461 e. The molecule has 3 aliphatic carbocycles. The van der Waals surface area contributed by atoms with Crippen LogP contribution in [0, 0.1) is 45.3 Å². The smallest absolute Gasteiger partial charge is 0.316 e. The van der Waals surface area contributed by atoms with Crippen molar-refractivity contribution in [2.75, 3.05) is 6.54 Å². The van der Waals surface area contributed by atoms with Gasteiger partial charge in [0.2, 0.25) is 0 Å². The van der Waals surface area contributed by atoms with Gasteiger partial charge in [0.05, 0.1) is 11.5 Å². The molecule has 5 rings (SSSR count). The molecule has 2 aliphatic heterocycles. The van der Waals surface area contributed by atoms with Gasteiger partial charge in [-0.3, -0.25) is 4.79 Å². The summed E-state index contributed by atoms with van der Waals surface area (Å²) in [6.07, 6.45) is 6.62. The molecule has 5 aliphatic rings. The minimum atomic E-state index is -0.137. The molecule has 4 heteroatoms. The van der Waals surface area contributed by atoms with Crippen LogP contribution in [0.25, 0.3) is 0 Å². The average Bonchev–Trinajstić information content (AvgIpc) is 3.40. The third kappa shape index (κ3) is 1.67. The van der Waals surface area contributed by atoms with Gasteiger partial charge in [0.25, 0.3) is 0 Å². The highest BCUT2D eigenvalue weighted by molar-refractivity contribution is 5.86. The standard InChI is InChI=1S/C19H26N2O2/c1-11(5-13-8-19(13)10-21-12(19)2)18(9-20)7-14(18)6-15-17(3-4-17)16(22)23-15/h11-15,21H,3-8,10H2,1-2H3. The maximum Gasteiger partial charge on any atom is 0.316 e. The summed E-state index contributed by atoms with van der Waals surface area (Å²) < 4.78 is 5.40. The van der Waals surface area contributed by atoms with Gasteiger partial charge in [-0.15, -0.1) is 0 Å². The molecule has 0 radical (unpaired) electrons. The summed E-state index contributed by atoms with van der Waals surface area (Å²) in [7, 11) is 0. The van der Waals surface area contributed by atoms with Gasteiger partial charge in [-0.05, 0) is 63.2 Å². The van der Waals surface area contributed by atoms with Crippen molar-refractivity contribution < 1.29 is 9.53 Å². The zero-order chi connectivity index (χ0) is 16.0. The van der Waals surface area contributed by atoms with E-state index in [4.69, 9.17) is 4.74 Å². The Hall–Kier alpha value is -1.08. The zero-order valence-corrected chi connectivity index (χ0v) is 14.1. The van der Waals surface area contributed by atoms with Gasteiger partial charge in [0.1, 0.15) is 11.5 Å². The number of hydrogen-bond donors (Lipinski definition) is 1. The number of ether oxygens (including phenoxy) is 1. The summed E-state index contributed by atoms with van der Waals surface area (Å²) >= 11 is 0. The van der Waals surface area contributed by atoms with Crippen LogP contribution in [0.5, 0.6) is 0 Å². The van der Waals surface area contributed by atoms with Gasteiger partial charge in [-0.1, -0.05) is 6.92 Å². The fraction of sp³-hybridized carbons (Fsp3) is 0.895. The maximum absolute atomic E-state index is 11.6. The van der Waals surface area contributed by atoms with Gasteiger partial charge in [0.15, 0.2) is 0 Å². The lowest BCUT2D eigenvalue weighted by atomic mass is 9.79. The first-order chi connectivity index (χ1) is 11.0. The molecule has 7 unspecified atom stereocenters. The van der Waals surface area contributed by atoms with Crippen molar-refractivity contribution in [3.63, 3.8) is 0 Å². The first-order valence-electron chi connectivity index (χ1n) is 9.33. The summed E-state index contributed by atoms with van der Waals surface area (Å²) in [5, 5.41) is 13.3. The first-order valence-corrected chi connectivity index (χ1v) is 9.33. The molecule has 0 aromatic rings. The quantitative estimate of drug-likeness (QED) is 0.792. The molecule has 2 saturated heterocycles. The van der Waals surface area contributed by atoms with E-state index in [1.165, 1.54) is 19.4 Å². The predicted octanol–water partition coefficient (Wildman–Crippen LogP) is 2.64. The van der Waals surface area contributed by atoms with Crippen molar-refractivity contribution in [1.29, 1.82) is 5.26 Å². The van der Waals surface area contributed by atoms with Gasteiger partial charge in [0, 0.05) is 18.0 Å². The molecule has 23 heavy (non-hydrogen) atoms. The van der Waals surface area contributed by atoms with Gasteiger partial charge < -0.3 is 10.1 Å². The number of hydrogen-bond acceptors (Lipinski definition) is 4. The number of carbonyl (C=O) groups excluding carboxylic acids is 1. The van der Waals surface area contributed by atoms with Crippen LogP contribution in [0.1, 0.15) is 52.4 Å². The normalized spacial score (nSPS) is 52.1. The Morgan fingerprint density at radius 1 is 1.39 bits per heavy atom. The summed E-state index contributed by atoms with van der Waals surface area (Å²) in [4.78, 5) is 11.6. The van der Waals surface area contributed by atoms with E-state index in [9.17, 15) is 10.1 Å². The zero-order valence-electron chi connectivity index (χ0n) is 14.1. The summed E-state index contributed by atoms with van der Waals surface area (Å²) in [5.41, 5.74) is 0.319. The van der Waals surface area contributed by atoms with Crippen LogP contribution in [0.2, 0.25) is 0 Å². The first kappa shape index (κ1) is 14.3. The van der Waals surface area contributed by atoms with Crippen LogP contribution >= 0.6 is 0 Å². The maximum atomic E-state index is 11.6. The van der Waals surface area contributed by atoms with Crippen molar-refractivity contribution in [2.24, 2.45) is 34.0 Å². The Morgan fingerprint density at radius 3 is 2.65 bits per heavy atom. The lowest BCUT2D eigenvalue weighted by Gasteiger charge is -2.38. The molecule has 3 saturated carbocycles. The number of carbonyl (C=O) groups is 1. The molecule has 0 aromatic carbocycles. The minimum absolute atomic E-state index is 0.0187. The number of nitrogens with zero attached hydrogens (tertiary/aromatic N) is 1. The number of esters is 1. The Bertz CT molecular complexity index is 621. The molecule has 0 aromatic heterocycles. The molecular formula is C19H26N2O2. The van der Waals surface area contributed by atoms with Gasteiger partial charge in [-0.25, -0.2) is 0 Å². The Morgan fingerprint density at radius 2 is 2.17 bits per heavy atom. The predicted molar refractivity (Wildman–Crippen MR) is 84.1 cm³/mol. The van der Waals surface area contributed by atoms with Crippen LogP contribution < -0.4 is 5.32 Å². The topological polar surface area (TPSA) is 62.1 Å². The van der Waals surface area contributed by atoms with E-state index in [1.54, 1.807) is 0 Å². The highest BCUT2D eigenvalue weighted by Crippen LogP contribution is 2.68. The highest BCUT2D eigenvalue weighted by atomic mass is 16.6. The van der Waals surface area contributed by atoms with Crippen LogP contribution in [0.15, 0.2) is 0 Å². The summed E-state index contributed by atoms with van der Waals surface area (Å²) in [6.45, 7) is 5.76. The fourth-order valence-electron chi connectivity index (χ4n) is 5.79. The van der Waals surface area contributed by atoms with Crippen molar-refractivity contribution in [1.82, 2.24) is 5.32 Å². The van der Waals surface area contributed by atoms with Crippen molar-refractivity contribution >= 4 is 5.97 Å². The van der Waals surface area contributed by atoms with E-state index in [0.717, 1.165) is 31.6 Å². The second-order valence-corrected chi connectivity index (χ2v) is 9.21. The largest absolute Gasteiger partial charge is 0.461 e. The fourth-order valence-corrected chi connectivity index (χ4v) is 5.79. The Labute approximate surface area is 137 Å². The molecule has 1 N–H and O–H groups in total. The van der Waals surface area contributed by atoms with E-state index >= 15 is 0 Å². The molecule has 7 atom stereocenters. The third-order valence-corrected chi connectivity index (χ3v) is 8.32.